The topological polar surface area (TPSA) is 25.2 Å². The molecule has 0 saturated heterocycles. The molecule has 1 unspecified atom stereocenters. The summed E-state index contributed by atoms with van der Waals surface area (Å²) in [5, 5.41) is 3.21. The largest absolute Gasteiger partial charge is 0.464 e. The Labute approximate surface area is 107 Å². The number of aryl methyl sites for hydroxylation is 3. The second-order valence-electron chi connectivity index (χ2n) is 4.64. The Hall–Kier alpha value is -1.61. The summed E-state index contributed by atoms with van der Waals surface area (Å²) in [6, 6.07) is 7.56. The highest BCUT2D eigenvalue weighted by Gasteiger charge is 2.17. The number of hydrogen-bond acceptors (Lipinski definition) is 2. The third-order valence-corrected chi connectivity index (χ3v) is 3.13. The lowest BCUT2D eigenvalue weighted by Crippen LogP contribution is -2.17. The Morgan fingerprint density at radius 1 is 1.11 bits per heavy atom. The highest BCUT2D eigenvalue weighted by molar-refractivity contribution is 5.35. The predicted molar refractivity (Wildman–Crippen MR) is 70.2 cm³/mol. The van der Waals surface area contributed by atoms with Crippen molar-refractivity contribution >= 4 is 0 Å². The van der Waals surface area contributed by atoms with Gasteiger partial charge in [-0.2, -0.15) is 0 Å². The van der Waals surface area contributed by atoms with Crippen LogP contribution in [0.25, 0.3) is 0 Å². The molecule has 0 fully saturated rings. The van der Waals surface area contributed by atoms with Crippen molar-refractivity contribution < 1.29 is 8.81 Å². The summed E-state index contributed by atoms with van der Waals surface area (Å²) in [5.41, 5.74) is 2.34. The molecule has 1 atom stereocenters. The normalized spacial score (nSPS) is 12.7. The van der Waals surface area contributed by atoms with Crippen molar-refractivity contribution in [2.45, 2.75) is 26.8 Å². The Kier molecular flexibility index (Phi) is 3.53. The summed E-state index contributed by atoms with van der Waals surface area (Å²) in [6.45, 7) is 5.48. The number of halogens is 1. The van der Waals surface area contributed by atoms with Gasteiger partial charge in [0.05, 0.1) is 6.04 Å². The maximum atomic E-state index is 13.6. The lowest BCUT2D eigenvalue weighted by atomic mass is 9.99. The summed E-state index contributed by atoms with van der Waals surface area (Å²) in [5.74, 6) is 1.59. The molecule has 3 heteroatoms. The van der Waals surface area contributed by atoms with E-state index in [1.807, 2.05) is 38.2 Å². The summed E-state index contributed by atoms with van der Waals surface area (Å²) < 4.78 is 19.3. The van der Waals surface area contributed by atoms with Crippen molar-refractivity contribution in [3.8, 4) is 0 Å². The third-order valence-electron chi connectivity index (χ3n) is 3.13. The van der Waals surface area contributed by atoms with E-state index in [1.54, 1.807) is 13.8 Å². The Morgan fingerprint density at radius 3 is 2.17 bits per heavy atom. The van der Waals surface area contributed by atoms with Gasteiger partial charge in [-0.05, 0) is 56.6 Å². The fourth-order valence-electron chi connectivity index (χ4n) is 2.23. The van der Waals surface area contributed by atoms with Gasteiger partial charge in [0, 0.05) is 0 Å². The second kappa shape index (κ2) is 4.94. The molecule has 1 aromatic heterocycles. The van der Waals surface area contributed by atoms with Gasteiger partial charge in [-0.3, -0.25) is 0 Å². The first-order valence-corrected chi connectivity index (χ1v) is 6.03. The molecule has 96 valence electrons. The zero-order chi connectivity index (χ0) is 13.3. The van der Waals surface area contributed by atoms with Crippen LogP contribution in [0.1, 0.15) is 34.3 Å². The summed E-state index contributed by atoms with van der Waals surface area (Å²) in [6.07, 6.45) is 0. The van der Waals surface area contributed by atoms with Gasteiger partial charge in [-0.15, -0.1) is 0 Å². The van der Waals surface area contributed by atoms with Crippen molar-refractivity contribution in [3.05, 3.63) is 58.3 Å². The standard InChI is InChI=1S/C15H18FNO/c1-9-7-12(8-10(2)14(9)16)15(17-4)13-6-5-11(3)18-13/h5-8,15,17H,1-4H3. The Bertz CT molecular complexity index is 536. The smallest absolute Gasteiger partial charge is 0.129 e. The van der Waals surface area contributed by atoms with Crippen LogP contribution in [0.15, 0.2) is 28.7 Å². The Balaban J connectivity index is 2.45. The quantitative estimate of drug-likeness (QED) is 0.895. The van der Waals surface area contributed by atoms with Gasteiger partial charge in [-0.1, -0.05) is 12.1 Å². The molecule has 0 aliphatic heterocycles. The maximum absolute atomic E-state index is 13.6. The van der Waals surface area contributed by atoms with Crippen molar-refractivity contribution in [1.82, 2.24) is 5.32 Å². The second-order valence-corrected chi connectivity index (χ2v) is 4.64. The van der Waals surface area contributed by atoms with Crippen molar-refractivity contribution in [2.24, 2.45) is 0 Å². The third kappa shape index (κ3) is 2.31. The molecule has 1 aromatic carbocycles. The lowest BCUT2D eigenvalue weighted by molar-refractivity contribution is 0.443. The summed E-state index contributed by atoms with van der Waals surface area (Å²) in [7, 11) is 1.87. The molecule has 0 radical (unpaired) electrons. The van der Waals surface area contributed by atoms with E-state index in [1.165, 1.54) is 0 Å². The van der Waals surface area contributed by atoms with Crippen LogP contribution >= 0.6 is 0 Å². The first kappa shape index (κ1) is 12.8. The van der Waals surface area contributed by atoms with Crippen LogP contribution in [-0.4, -0.2) is 7.05 Å². The van der Waals surface area contributed by atoms with Crippen molar-refractivity contribution in [1.29, 1.82) is 0 Å². The zero-order valence-electron chi connectivity index (χ0n) is 11.2. The molecule has 0 aliphatic rings. The number of rotatable bonds is 3. The van der Waals surface area contributed by atoms with E-state index < -0.39 is 0 Å². The molecular formula is C15H18FNO. The lowest BCUT2D eigenvalue weighted by Gasteiger charge is -2.16. The fourth-order valence-corrected chi connectivity index (χ4v) is 2.23. The number of nitrogens with one attached hydrogen (secondary N) is 1. The Morgan fingerprint density at radius 2 is 1.72 bits per heavy atom. The van der Waals surface area contributed by atoms with Gasteiger partial charge in [-0.25, -0.2) is 4.39 Å². The monoisotopic (exact) mass is 247 g/mol. The van der Waals surface area contributed by atoms with Crippen LogP contribution in [0.4, 0.5) is 4.39 Å². The zero-order valence-corrected chi connectivity index (χ0v) is 11.2. The summed E-state index contributed by atoms with van der Waals surface area (Å²) in [4.78, 5) is 0. The average Bonchev–Trinajstić information content (AvgIpc) is 2.73. The van der Waals surface area contributed by atoms with Gasteiger partial charge in [0.1, 0.15) is 17.3 Å². The predicted octanol–water partition coefficient (Wildman–Crippen LogP) is 3.65. The molecule has 0 amide bonds. The van der Waals surface area contributed by atoms with Gasteiger partial charge in [0.15, 0.2) is 0 Å². The molecule has 1 heterocycles. The van der Waals surface area contributed by atoms with Gasteiger partial charge >= 0.3 is 0 Å². The van der Waals surface area contributed by atoms with E-state index >= 15 is 0 Å². The minimum atomic E-state index is -0.135. The molecule has 2 aromatic rings. The van der Waals surface area contributed by atoms with Gasteiger partial charge < -0.3 is 9.73 Å². The summed E-state index contributed by atoms with van der Waals surface area (Å²) >= 11 is 0. The molecule has 18 heavy (non-hydrogen) atoms. The highest BCUT2D eigenvalue weighted by atomic mass is 19.1. The molecule has 1 N–H and O–H groups in total. The molecular weight excluding hydrogens is 229 g/mol. The van der Waals surface area contributed by atoms with Crippen molar-refractivity contribution in [3.63, 3.8) is 0 Å². The van der Waals surface area contributed by atoms with Crippen molar-refractivity contribution in [2.75, 3.05) is 7.05 Å². The van der Waals surface area contributed by atoms with E-state index in [2.05, 4.69) is 5.32 Å². The van der Waals surface area contributed by atoms with E-state index in [-0.39, 0.29) is 11.9 Å². The molecule has 0 aliphatic carbocycles. The van der Waals surface area contributed by atoms with Gasteiger partial charge in [0.25, 0.3) is 0 Å². The fraction of sp³-hybridized carbons (Fsp3) is 0.333. The number of furan rings is 1. The molecule has 0 spiro atoms. The van der Waals surface area contributed by atoms with Crippen LogP contribution < -0.4 is 5.32 Å². The van der Waals surface area contributed by atoms with Crippen LogP contribution in [0.3, 0.4) is 0 Å². The molecule has 2 nitrogen and oxygen atoms in total. The van der Waals surface area contributed by atoms with E-state index in [9.17, 15) is 4.39 Å². The minimum Gasteiger partial charge on any atom is -0.464 e. The van der Waals surface area contributed by atoms with Crippen LogP contribution in [0.2, 0.25) is 0 Å². The van der Waals surface area contributed by atoms with E-state index in [0.29, 0.717) is 11.1 Å². The maximum Gasteiger partial charge on any atom is 0.129 e. The highest BCUT2D eigenvalue weighted by Crippen LogP contribution is 2.26. The van der Waals surface area contributed by atoms with E-state index in [0.717, 1.165) is 17.1 Å². The molecule has 2 rings (SSSR count). The van der Waals surface area contributed by atoms with Crippen LogP contribution in [0.5, 0.6) is 0 Å². The SMILES string of the molecule is CNC(c1cc(C)c(F)c(C)c1)c1ccc(C)o1. The molecule has 0 saturated carbocycles. The van der Waals surface area contributed by atoms with Crippen LogP contribution in [-0.2, 0) is 0 Å². The van der Waals surface area contributed by atoms with Crippen LogP contribution in [0, 0.1) is 26.6 Å². The molecule has 0 bridgehead atoms. The van der Waals surface area contributed by atoms with Gasteiger partial charge in [0.2, 0.25) is 0 Å². The average molecular weight is 247 g/mol. The minimum absolute atomic E-state index is 0.0447. The number of benzene rings is 1. The van der Waals surface area contributed by atoms with E-state index in [4.69, 9.17) is 4.42 Å². The number of hydrogen-bond donors (Lipinski definition) is 1. The first-order chi connectivity index (χ1) is 8.52. The first-order valence-electron chi connectivity index (χ1n) is 6.03.